The molecule has 5 heteroatoms. The van der Waals surface area contributed by atoms with Gasteiger partial charge >= 0.3 is 6.09 Å². The van der Waals surface area contributed by atoms with E-state index < -0.39 is 6.09 Å². The lowest BCUT2D eigenvalue weighted by Crippen LogP contribution is -2.25. The lowest BCUT2D eigenvalue weighted by Gasteiger charge is -2.14. The molecule has 0 unspecified atom stereocenters. The normalized spacial score (nSPS) is 24.9. The van der Waals surface area contributed by atoms with Crippen LogP contribution in [0.2, 0.25) is 0 Å². The molecule has 2 aliphatic heterocycles. The van der Waals surface area contributed by atoms with Gasteiger partial charge in [0.05, 0.1) is 0 Å². The van der Waals surface area contributed by atoms with Gasteiger partial charge in [0.1, 0.15) is 12.6 Å². The monoisotopic (exact) mass is 276 g/mol. The van der Waals surface area contributed by atoms with E-state index in [1.165, 1.54) is 19.5 Å². The highest BCUT2D eigenvalue weighted by molar-refractivity contribution is 5.82. The van der Waals surface area contributed by atoms with E-state index in [4.69, 9.17) is 4.74 Å². The third-order valence-corrected chi connectivity index (χ3v) is 3.52. The standard InChI is InChI=1S/C10H9NO3.C5H11N/c12-7-11-9(6-14-10(11)13)8-4-2-1-3-5-8;1-5-2-3-6-4-5/h1-5,7,9H,6H2;5-6H,2-4H2,1H3/t9-;5-/m00/s1. The number of carbonyl (C=O) groups excluding carboxylic acids is 2. The molecule has 5 nitrogen and oxygen atoms in total. The maximum atomic E-state index is 11.1. The van der Waals surface area contributed by atoms with Crippen LogP contribution < -0.4 is 5.32 Å². The minimum absolute atomic E-state index is 0.238. The van der Waals surface area contributed by atoms with E-state index in [0.29, 0.717) is 6.41 Å². The zero-order valence-electron chi connectivity index (χ0n) is 11.6. The second-order valence-electron chi connectivity index (χ2n) is 5.11. The Kier molecular flexibility index (Phi) is 5.12. The summed E-state index contributed by atoms with van der Waals surface area (Å²) < 4.78 is 4.78. The van der Waals surface area contributed by atoms with Crippen molar-refractivity contribution >= 4 is 12.5 Å². The molecule has 1 aromatic rings. The van der Waals surface area contributed by atoms with Crippen molar-refractivity contribution < 1.29 is 14.3 Å². The van der Waals surface area contributed by atoms with Crippen LogP contribution in [-0.4, -0.2) is 37.1 Å². The molecule has 2 saturated heterocycles. The van der Waals surface area contributed by atoms with Crippen LogP contribution in [-0.2, 0) is 9.53 Å². The Labute approximate surface area is 118 Å². The predicted molar refractivity (Wildman–Crippen MR) is 75.1 cm³/mol. The zero-order valence-corrected chi connectivity index (χ0v) is 11.6. The lowest BCUT2D eigenvalue weighted by molar-refractivity contribution is -0.116. The molecule has 0 saturated carbocycles. The van der Waals surface area contributed by atoms with Gasteiger partial charge in [-0.05, 0) is 31.0 Å². The summed E-state index contributed by atoms with van der Waals surface area (Å²) in [5.41, 5.74) is 0.908. The fourth-order valence-corrected chi connectivity index (χ4v) is 2.28. The molecule has 0 aliphatic carbocycles. The number of carbonyl (C=O) groups is 2. The molecular weight excluding hydrogens is 256 g/mol. The summed E-state index contributed by atoms with van der Waals surface area (Å²) in [6.07, 6.45) is 1.31. The highest BCUT2D eigenvalue weighted by Crippen LogP contribution is 2.25. The van der Waals surface area contributed by atoms with Crippen molar-refractivity contribution in [3.05, 3.63) is 35.9 Å². The Hall–Kier alpha value is -1.88. The number of cyclic esters (lactones) is 1. The molecule has 0 radical (unpaired) electrons. The molecule has 3 rings (SSSR count). The summed E-state index contributed by atoms with van der Waals surface area (Å²) in [6, 6.07) is 9.06. The van der Waals surface area contributed by atoms with Gasteiger partial charge in [0.2, 0.25) is 6.41 Å². The van der Waals surface area contributed by atoms with E-state index in [0.717, 1.165) is 16.4 Å². The minimum Gasteiger partial charge on any atom is -0.447 e. The summed E-state index contributed by atoms with van der Waals surface area (Å²) in [4.78, 5) is 22.8. The van der Waals surface area contributed by atoms with E-state index in [-0.39, 0.29) is 12.6 Å². The fraction of sp³-hybridized carbons (Fsp3) is 0.467. The largest absolute Gasteiger partial charge is 0.447 e. The number of hydrogen-bond donors (Lipinski definition) is 1. The molecule has 2 aliphatic rings. The van der Waals surface area contributed by atoms with Crippen molar-refractivity contribution in [2.24, 2.45) is 5.92 Å². The van der Waals surface area contributed by atoms with Gasteiger partial charge in [-0.2, -0.15) is 0 Å². The zero-order chi connectivity index (χ0) is 14.4. The number of ether oxygens (including phenoxy) is 1. The molecule has 2 amide bonds. The molecule has 1 aromatic carbocycles. The molecule has 20 heavy (non-hydrogen) atoms. The maximum Gasteiger partial charge on any atom is 0.417 e. The van der Waals surface area contributed by atoms with Crippen LogP contribution in [0.15, 0.2) is 30.3 Å². The van der Waals surface area contributed by atoms with Crippen molar-refractivity contribution in [3.8, 4) is 0 Å². The molecule has 2 heterocycles. The number of benzene rings is 1. The van der Waals surface area contributed by atoms with Gasteiger partial charge < -0.3 is 10.1 Å². The molecule has 0 spiro atoms. The molecule has 2 fully saturated rings. The molecule has 0 aromatic heterocycles. The molecular formula is C15H20N2O3. The van der Waals surface area contributed by atoms with Crippen LogP contribution in [0, 0.1) is 5.92 Å². The number of rotatable bonds is 2. The van der Waals surface area contributed by atoms with Crippen molar-refractivity contribution in [1.29, 1.82) is 0 Å². The van der Waals surface area contributed by atoms with Gasteiger partial charge in [-0.1, -0.05) is 37.3 Å². The van der Waals surface area contributed by atoms with Gasteiger partial charge in [-0.25, -0.2) is 9.69 Å². The van der Waals surface area contributed by atoms with Crippen LogP contribution in [0.3, 0.4) is 0 Å². The van der Waals surface area contributed by atoms with Crippen LogP contribution in [0.25, 0.3) is 0 Å². The predicted octanol–water partition coefficient (Wildman–Crippen LogP) is 1.95. The van der Waals surface area contributed by atoms with Crippen LogP contribution in [0.1, 0.15) is 24.9 Å². The molecule has 0 bridgehead atoms. The van der Waals surface area contributed by atoms with Gasteiger partial charge in [0, 0.05) is 0 Å². The highest BCUT2D eigenvalue weighted by atomic mass is 16.6. The summed E-state index contributed by atoms with van der Waals surface area (Å²) in [7, 11) is 0. The fourth-order valence-electron chi connectivity index (χ4n) is 2.28. The van der Waals surface area contributed by atoms with Crippen LogP contribution in [0.5, 0.6) is 0 Å². The SMILES string of the molecule is C[C@H]1CCNC1.O=CN1C(=O)OC[C@H]1c1ccccc1. The first kappa shape index (κ1) is 14.5. The van der Waals surface area contributed by atoms with Gasteiger partial charge in [-0.15, -0.1) is 0 Å². The average Bonchev–Trinajstić information content (AvgIpc) is 3.09. The highest BCUT2D eigenvalue weighted by Gasteiger charge is 2.33. The third-order valence-electron chi connectivity index (χ3n) is 3.52. The first-order chi connectivity index (χ1) is 9.72. The number of amides is 2. The van der Waals surface area contributed by atoms with Crippen molar-refractivity contribution in [2.75, 3.05) is 19.7 Å². The van der Waals surface area contributed by atoms with Gasteiger partial charge in [0.25, 0.3) is 0 Å². The Morgan fingerprint density at radius 2 is 2.10 bits per heavy atom. The summed E-state index contributed by atoms with van der Waals surface area (Å²) >= 11 is 0. The topological polar surface area (TPSA) is 58.6 Å². The van der Waals surface area contributed by atoms with Gasteiger partial charge in [0.15, 0.2) is 0 Å². The third kappa shape index (κ3) is 3.57. The molecule has 2 atom stereocenters. The summed E-state index contributed by atoms with van der Waals surface area (Å²) in [5.74, 6) is 0.935. The van der Waals surface area contributed by atoms with E-state index in [1.807, 2.05) is 30.3 Å². The van der Waals surface area contributed by atoms with E-state index in [9.17, 15) is 9.59 Å². The van der Waals surface area contributed by atoms with Crippen molar-refractivity contribution in [1.82, 2.24) is 10.2 Å². The van der Waals surface area contributed by atoms with Crippen molar-refractivity contribution in [2.45, 2.75) is 19.4 Å². The van der Waals surface area contributed by atoms with Crippen LogP contribution in [0.4, 0.5) is 4.79 Å². The lowest BCUT2D eigenvalue weighted by atomic mass is 10.1. The van der Waals surface area contributed by atoms with Gasteiger partial charge in [-0.3, -0.25) is 4.79 Å². The first-order valence-electron chi connectivity index (χ1n) is 6.88. The average molecular weight is 276 g/mol. The van der Waals surface area contributed by atoms with E-state index >= 15 is 0 Å². The van der Waals surface area contributed by atoms with E-state index in [1.54, 1.807) is 0 Å². The number of imide groups is 1. The van der Waals surface area contributed by atoms with Crippen LogP contribution >= 0.6 is 0 Å². The smallest absolute Gasteiger partial charge is 0.417 e. The van der Waals surface area contributed by atoms with Crippen molar-refractivity contribution in [3.63, 3.8) is 0 Å². The molecule has 108 valence electrons. The minimum atomic E-state index is -0.575. The first-order valence-corrected chi connectivity index (χ1v) is 6.88. The summed E-state index contributed by atoms with van der Waals surface area (Å²) in [6.45, 7) is 4.99. The Bertz CT molecular complexity index is 444. The summed E-state index contributed by atoms with van der Waals surface area (Å²) in [5, 5.41) is 3.27. The Morgan fingerprint density at radius 1 is 1.35 bits per heavy atom. The Balaban J connectivity index is 0.000000205. The quantitative estimate of drug-likeness (QED) is 0.839. The second kappa shape index (κ2) is 7.05. The molecule has 1 N–H and O–H groups in total. The maximum absolute atomic E-state index is 11.1. The number of hydrogen-bond acceptors (Lipinski definition) is 4. The number of nitrogens with zero attached hydrogens (tertiary/aromatic N) is 1. The van der Waals surface area contributed by atoms with E-state index in [2.05, 4.69) is 12.2 Å². The second-order valence-corrected chi connectivity index (χ2v) is 5.11. The number of nitrogens with one attached hydrogen (secondary N) is 1. The Morgan fingerprint density at radius 3 is 2.60 bits per heavy atom.